The molecule has 2 fully saturated rings. The van der Waals surface area contributed by atoms with E-state index in [1.165, 1.54) is 24.3 Å². The lowest BCUT2D eigenvalue weighted by Gasteiger charge is -2.38. The van der Waals surface area contributed by atoms with Crippen LogP contribution >= 0.6 is 0 Å². The summed E-state index contributed by atoms with van der Waals surface area (Å²) in [6.07, 6.45) is -4.85. The number of halogens is 3. The van der Waals surface area contributed by atoms with Gasteiger partial charge in [0, 0.05) is 44.0 Å². The molecule has 9 nitrogen and oxygen atoms in total. The van der Waals surface area contributed by atoms with Crippen LogP contribution in [0.1, 0.15) is 6.42 Å². The van der Waals surface area contributed by atoms with Crippen molar-refractivity contribution in [1.82, 2.24) is 4.90 Å². The number of ether oxygens (including phenoxy) is 1. The molecule has 0 radical (unpaired) electrons. The molecule has 2 amide bonds. The number of nitro benzene ring substituents is 1. The number of amides is 2. The van der Waals surface area contributed by atoms with Gasteiger partial charge in [0.05, 0.1) is 23.1 Å². The van der Waals surface area contributed by atoms with Gasteiger partial charge in [-0.1, -0.05) is 0 Å². The average molecular weight is 464 g/mol. The van der Waals surface area contributed by atoms with Gasteiger partial charge in [0.2, 0.25) is 5.91 Å². The normalized spacial score (nSPS) is 19.8. The molecule has 0 spiro atoms. The first-order valence-corrected chi connectivity index (χ1v) is 10.1. The highest BCUT2D eigenvalue weighted by atomic mass is 19.4. The molecule has 2 heterocycles. The van der Waals surface area contributed by atoms with Gasteiger partial charge >= 0.3 is 6.36 Å². The fourth-order valence-corrected chi connectivity index (χ4v) is 4.05. The van der Waals surface area contributed by atoms with Gasteiger partial charge in [-0.15, -0.1) is 13.2 Å². The van der Waals surface area contributed by atoms with Crippen molar-refractivity contribution in [2.75, 3.05) is 36.0 Å². The van der Waals surface area contributed by atoms with Crippen molar-refractivity contribution in [2.24, 2.45) is 0 Å². The average Bonchev–Trinajstić information content (AvgIpc) is 3.07. The number of piperazine rings is 1. The van der Waals surface area contributed by atoms with Gasteiger partial charge in [0.15, 0.2) is 0 Å². The fraction of sp³-hybridized carbons (Fsp3) is 0.333. The number of alkyl halides is 3. The molecular weight excluding hydrogens is 445 g/mol. The number of nitrogens with zero attached hydrogens (tertiary/aromatic N) is 4. The number of rotatable bonds is 5. The molecule has 2 aliphatic heterocycles. The Kier molecular flexibility index (Phi) is 5.93. The number of non-ortho nitro benzene ring substituents is 1. The maximum Gasteiger partial charge on any atom is 0.573 e. The van der Waals surface area contributed by atoms with E-state index in [0.29, 0.717) is 26.2 Å². The number of nitro groups is 1. The SMILES string of the molecule is O=C1CC(N2CCN(c3ccc([N+](=O)[O-])cc3)CC2)C(=O)N1c1ccc(OC(F)(F)F)cc1. The van der Waals surface area contributed by atoms with Gasteiger partial charge in [0.25, 0.3) is 11.6 Å². The summed E-state index contributed by atoms with van der Waals surface area (Å²) in [5, 5.41) is 10.8. The van der Waals surface area contributed by atoms with Crippen molar-refractivity contribution < 1.29 is 32.4 Å². The zero-order valence-electron chi connectivity index (χ0n) is 17.2. The van der Waals surface area contributed by atoms with E-state index in [1.807, 2.05) is 9.80 Å². The first-order valence-electron chi connectivity index (χ1n) is 10.1. The fourth-order valence-electron chi connectivity index (χ4n) is 4.05. The summed E-state index contributed by atoms with van der Waals surface area (Å²) in [6, 6.07) is 10.2. The molecule has 1 atom stereocenters. The summed E-state index contributed by atoms with van der Waals surface area (Å²) in [5.74, 6) is -1.29. The zero-order valence-corrected chi connectivity index (χ0v) is 17.2. The Balaban J connectivity index is 1.38. The van der Waals surface area contributed by atoms with Gasteiger partial charge in [0.1, 0.15) is 5.75 Å². The molecule has 33 heavy (non-hydrogen) atoms. The van der Waals surface area contributed by atoms with Crippen LogP contribution in [-0.4, -0.2) is 60.2 Å². The first-order chi connectivity index (χ1) is 15.6. The Bertz CT molecular complexity index is 1050. The number of hydrogen-bond donors (Lipinski definition) is 0. The third-order valence-electron chi connectivity index (χ3n) is 5.63. The Labute approximate surface area is 186 Å². The van der Waals surface area contributed by atoms with E-state index >= 15 is 0 Å². The molecule has 0 aromatic heterocycles. The number of imide groups is 1. The molecule has 0 saturated carbocycles. The van der Waals surface area contributed by atoms with Crippen LogP contribution in [0.2, 0.25) is 0 Å². The maximum absolute atomic E-state index is 13.0. The van der Waals surface area contributed by atoms with Crippen molar-refractivity contribution in [3.8, 4) is 5.75 Å². The summed E-state index contributed by atoms with van der Waals surface area (Å²) in [4.78, 5) is 40.8. The van der Waals surface area contributed by atoms with Gasteiger partial charge in [-0.2, -0.15) is 0 Å². The molecule has 174 valence electrons. The van der Waals surface area contributed by atoms with E-state index in [0.717, 1.165) is 22.7 Å². The van der Waals surface area contributed by atoms with Crippen molar-refractivity contribution >= 4 is 28.9 Å². The summed E-state index contributed by atoms with van der Waals surface area (Å²) in [6.45, 7) is 2.15. The van der Waals surface area contributed by atoms with Crippen LogP contribution in [0.3, 0.4) is 0 Å². The zero-order chi connectivity index (χ0) is 23.8. The topological polar surface area (TPSA) is 96.2 Å². The number of carbonyl (C=O) groups excluding carboxylic acids is 2. The number of anilines is 2. The standard InChI is InChI=1S/C21H19F3N4O5/c22-21(23,24)33-17-7-5-15(6-8-17)27-19(29)13-18(20(27)30)26-11-9-25(10-12-26)14-1-3-16(4-2-14)28(31)32/h1-8,18H,9-13H2. The van der Waals surface area contributed by atoms with Gasteiger partial charge in [-0.3, -0.25) is 24.6 Å². The molecule has 0 bridgehead atoms. The molecule has 2 aliphatic rings. The van der Waals surface area contributed by atoms with Crippen LogP contribution in [-0.2, 0) is 9.59 Å². The number of carbonyl (C=O) groups is 2. The van der Waals surface area contributed by atoms with E-state index < -0.39 is 34.9 Å². The third-order valence-corrected chi connectivity index (χ3v) is 5.63. The van der Waals surface area contributed by atoms with E-state index in [-0.39, 0.29) is 17.8 Å². The predicted octanol–water partition coefficient (Wildman–Crippen LogP) is 2.95. The van der Waals surface area contributed by atoms with E-state index in [9.17, 15) is 32.9 Å². The molecule has 2 aromatic carbocycles. The Morgan fingerprint density at radius 1 is 0.909 bits per heavy atom. The first kappa shape index (κ1) is 22.5. The van der Waals surface area contributed by atoms with Crippen LogP contribution in [0.15, 0.2) is 48.5 Å². The lowest BCUT2D eigenvalue weighted by atomic mass is 10.1. The second kappa shape index (κ2) is 8.70. The highest BCUT2D eigenvalue weighted by molar-refractivity contribution is 6.22. The maximum atomic E-state index is 13.0. The molecule has 0 N–H and O–H groups in total. The number of benzene rings is 2. The Morgan fingerprint density at radius 2 is 1.48 bits per heavy atom. The highest BCUT2D eigenvalue weighted by Crippen LogP contribution is 2.30. The van der Waals surface area contributed by atoms with Crippen LogP contribution in [0, 0.1) is 10.1 Å². The van der Waals surface area contributed by atoms with E-state index in [2.05, 4.69) is 4.74 Å². The molecule has 2 saturated heterocycles. The van der Waals surface area contributed by atoms with Crippen molar-refractivity contribution in [2.45, 2.75) is 18.8 Å². The lowest BCUT2D eigenvalue weighted by molar-refractivity contribution is -0.384. The monoisotopic (exact) mass is 464 g/mol. The Hall–Kier alpha value is -3.67. The van der Waals surface area contributed by atoms with Crippen molar-refractivity contribution in [1.29, 1.82) is 0 Å². The smallest absolute Gasteiger partial charge is 0.406 e. The van der Waals surface area contributed by atoms with Gasteiger partial charge in [-0.05, 0) is 36.4 Å². The van der Waals surface area contributed by atoms with E-state index in [1.54, 1.807) is 12.1 Å². The number of hydrogen-bond acceptors (Lipinski definition) is 7. The molecular formula is C21H19F3N4O5. The molecule has 4 rings (SSSR count). The van der Waals surface area contributed by atoms with Crippen LogP contribution in [0.4, 0.5) is 30.2 Å². The predicted molar refractivity (Wildman–Crippen MR) is 111 cm³/mol. The summed E-state index contributed by atoms with van der Waals surface area (Å²) < 4.78 is 40.8. The van der Waals surface area contributed by atoms with Crippen molar-refractivity contribution in [3.05, 3.63) is 58.6 Å². The molecule has 1 unspecified atom stereocenters. The minimum absolute atomic E-state index is 0.00513. The van der Waals surface area contributed by atoms with E-state index in [4.69, 9.17) is 0 Å². The largest absolute Gasteiger partial charge is 0.573 e. The van der Waals surface area contributed by atoms with Gasteiger partial charge in [-0.25, -0.2) is 4.90 Å². The molecule has 0 aliphatic carbocycles. The second-order valence-corrected chi connectivity index (χ2v) is 7.63. The highest BCUT2D eigenvalue weighted by Gasteiger charge is 2.43. The van der Waals surface area contributed by atoms with Crippen LogP contribution in [0.25, 0.3) is 0 Å². The quantitative estimate of drug-likeness (QED) is 0.381. The second-order valence-electron chi connectivity index (χ2n) is 7.63. The summed E-state index contributed by atoms with van der Waals surface area (Å²) in [7, 11) is 0. The van der Waals surface area contributed by atoms with Gasteiger partial charge < -0.3 is 9.64 Å². The molecule has 12 heteroatoms. The van der Waals surface area contributed by atoms with Crippen LogP contribution < -0.4 is 14.5 Å². The van der Waals surface area contributed by atoms with Crippen LogP contribution in [0.5, 0.6) is 5.75 Å². The Morgan fingerprint density at radius 3 is 2.03 bits per heavy atom. The minimum atomic E-state index is -4.83. The van der Waals surface area contributed by atoms with Crippen molar-refractivity contribution in [3.63, 3.8) is 0 Å². The lowest BCUT2D eigenvalue weighted by Crippen LogP contribution is -2.52. The molecule has 2 aromatic rings. The summed E-state index contributed by atoms with van der Waals surface area (Å²) in [5.41, 5.74) is 1.02. The minimum Gasteiger partial charge on any atom is -0.406 e. The third kappa shape index (κ3) is 4.90. The summed E-state index contributed by atoms with van der Waals surface area (Å²) >= 11 is 0.